The highest BCUT2D eigenvalue weighted by atomic mass is 32.1. The molecule has 0 amide bonds. The lowest BCUT2D eigenvalue weighted by molar-refractivity contribution is -0.155. The van der Waals surface area contributed by atoms with Crippen molar-refractivity contribution in [3.8, 4) is 0 Å². The van der Waals surface area contributed by atoms with E-state index >= 15 is 0 Å². The SMILES string of the molecule is CCNC(Cc1cn2ccsc2n1)C(F)(F)F. The number of nitrogens with zero attached hydrogens (tertiary/aromatic N) is 2. The van der Waals surface area contributed by atoms with Crippen LogP contribution in [0.1, 0.15) is 12.6 Å². The van der Waals surface area contributed by atoms with Crippen molar-refractivity contribution in [1.29, 1.82) is 0 Å². The quantitative estimate of drug-likeness (QED) is 0.918. The average Bonchev–Trinajstić information content (AvgIpc) is 2.75. The van der Waals surface area contributed by atoms with E-state index in [-0.39, 0.29) is 13.0 Å². The average molecular weight is 263 g/mol. The molecule has 0 aliphatic heterocycles. The lowest BCUT2D eigenvalue weighted by atomic mass is 10.1. The number of thiazole rings is 1. The normalized spacial score (nSPS) is 14.4. The van der Waals surface area contributed by atoms with Gasteiger partial charge in [0.1, 0.15) is 6.04 Å². The first kappa shape index (κ1) is 12.4. The Hall–Kier alpha value is -1.08. The maximum atomic E-state index is 12.7. The van der Waals surface area contributed by atoms with Crippen LogP contribution in [0.4, 0.5) is 13.2 Å². The van der Waals surface area contributed by atoms with E-state index < -0.39 is 12.2 Å². The van der Waals surface area contributed by atoms with Gasteiger partial charge in [-0.3, -0.25) is 4.40 Å². The first-order chi connectivity index (χ1) is 8.00. The first-order valence-corrected chi connectivity index (χ1v) is 6.10. The van der Waals surface area contributed by atoms with Gasteiger partial charge in [0.05, 0.1) is 5.69 Å². The number of hydrogen-bond acceptors (Lipinski definition) is 3. The van der Waals surface area contributed by atoms with Gasteiger partial charge in [-0.1, -0.05) is 6.92 Å². The summed E-state index contributed by atoms with van der Waals surface area (Å²) in [6.07, 6.45) is -0.951. The molecule has 1 N–H and O–H groups in total. The molecule has 1 unspecified atom stereocenters. The van der Waals surface area contributed by atoms with E-state index in [9.17, 15) is 13.2 Å². The molecule has 17 heavy (non-hydrogen) atoms. The minimum Gasteiger partial charge on any atom is -0.306 e. The van der Waals surface area contributed by atoms with Crippen LogP contribution >= 0.6 is 11.3 Å². The van der Waals surface area contributed by atoms with Gasteiger partial charge in [0.2, 0.25) is 0 Å². The largest absolute Gasteiger partial charge is 0.404 e. The Labute approximate surface area is 100 Å². The Morgan fingerprint density at radius 2 is 2.29 bits per heavy atom. The van der Waals surface area contributed by atoms with Gasteiger partial charge in [-0.2, -0.15) is 13.2 Å². The summed E-state index contributed by atoms with van der Waals surface area (Å²) >= 11 is 1.41. The van der Waals surface area contributed by atoms with Crippen LogP contribution in [-0.2, 0) is 6.42 Å². The number of nitrogens with one attached hydrogen (secondary N) is 1. The summed E-state index contributed by atoms with van der Waals surface area (Å²) in [5.74, 6) is 0. The van der Waals surface area contributed by atoms with Crippen LogP contribution in [0, 0.1) is 0 Å². The van der Waals surface area contributed by atoms with Gasteiger partial charge >= 0.3 is 6.18 Å². The molecule has 0 aliphatic rings. The van der Waals surface area contributed by atoms with E-state index in [4.69, 9.17) is 0 Å². The molecule has 0 bridgehead atoms. The maximum absolute atomic E-state index is 12.7. The molecule has 7 heteroatoms. The topological polar surface area (TPSA) is 29.3 Å². The van der Waals surface area contributed by atoms with Gasteiger partial charge in [-0.25, -0.2) is 4.98 Å². The minimum absolute atomic E-state index is 0.133. The zero-order chi connectivity index (χ0) is 12.5. The standard InChI is InChI=1S/C10H12F3N3S/c1-2-14-8(10(11,12)13)5-7-6-16-3-4-17-9(16)15-7/h3-4,6,8,14H,2,5H2,1H3. The molecule has 0 fully saturated rings. The molecule has 0 saturated heterocycles. The summed E-state index contributed by atoms with van der Waals surface area (Å²) < 4.78 is 39.8. The molecule has 2 rings (SSSR count). The number of rotatable bonds is 4. The van der Waals surface area contributed by atoms with Crippen LogP contribution in [0.3, 0.4) is 0 Å². The third-order valence-electron chi connectivity index (χ3n) is 2.40. The van der Waals surface area contributed by atoms with E-state index in [0.29, 0.717) is 5.69 Å². The molecule has 0 radical (unpaired) electrons. The summed E-state index contributed by atoms with van der Waals surface area (Å²) in [5.41, 5.74) is 0.458. The van der Waals surface area contributed by atoms with Crippen molar-refractivity contribution in [2.24, 2.45) is 0 Å². The number of alkyl halides is 3. The number of likely N-dealkylation sites (N-methyl/N-ethyl adjacent to an activating group) is 1. The molecule has 2 aromatic heterocycles. The van der Waals surface area contributed by atoms with Crippen LogP contribution in [0.2, 0.25) is 0 Å². The van der Waals surface area contributed by atoms with Crippen molar-refractivity contribution >= 4 is 16.3 Å². The number of halogens is 3. The van der Waals surface area contributed by atoms with Crippen molar-refractivity contribution in [3.63, 3.8) is 0 Å². The first-order valence-electron chi connectivity index (χ1n) is 5.22. The molecule has 0 spiro atoms. The summed E-state index contributed by atoms with van der Waals surface area (Å²) in [5, 5.41) is 4.28. The fourth-order valence-electron chi connectivity index (χ4n) is 1.63. The molecular weight excluding hydrogens is 251 g/mol. The third-order valence-corrected chi connectivity index (χ3v) is 3.17. The predicted octanol–water partition coefficient (Wildman–Crippen LogP) is 2.48. The van der Waals surface area contributed by atoms with Gasteiger partial charge < -0.3 is 5.32 Å². The lowest BCUT2D eigenvalue weighted by Crippen LogP contribution is -2.43. The molecule has 0 aliphatic carbocycles. The molecule has 2 aromatic rings. The Morgan fingerprint density at radius 1 is 1.53 bits per heavy atom. The van der Waals surface area contributed by atoms with Crippen molar-refractivity contribution in [1.82, 2.24) is 14.7 Å². The number of aromatic nitrogens is 2. The summed E-state index contributed by atoms with van der Waals surface area (Å²) in [6, 6.07) is -1.53. The summed E-state index contributed by atoms with van der Waals surface area (Å²) in [4.78, 5) is 4.87. The Bertz CT molecular complexity index is 460. The van der Waals surface area contributed by atoms with E-state index in [0.717, 1.165) is 4.96 Å². The van der Waals surface area contributed by atoms with Crippen LogP contribution in [-0.4, -0.2) is 28.1 Å². The van der Waals surface area contributed by atoms with Gasteiger partial charge in [0.25, 0.3) is 0 Å². The number of hydrogen-bond donors (Lipinski definition) is 1. The number of imidazole rings is 1. The number of fused-ring (bicyclic) bond motifs is 1. The molecule has 2 heterocycles. The monoisotopic (exact) mass is 263 g/mol. The fourth-order valence-corrected chi connectivity index (χ4v) is 2.35. The maximum Gasteiger partial charge on any atom is 0.404 e. The Morgan fingerprint density at radius 3 is 2.88 bits per heavy atom. The third kappa shape index (κ3) is 2.78. The Kier molecular flexibility index (Phi) is 3.39. The lowest BCUT2D eigenvalue weighted by Gasteiger charge is -2.19. The van der Waals surface area contributed by atoms with E-state index in [2.05, 4.69) is 10.3 Å². The van der Waals surface area contributed by atoms with Crippen LogP contribution in [0.5, 0.6) is 0 Å². The highest BCUT2D eigenvalue weighted by molar-refractivity contribution is 7.15. The van der Waals surface area contributed by atoms with Crippen LogP contribution in [0.15, 0.2) is 17.8 Å². The second-order valence-corrected chi connectivity index (χ2v) is 4.55. The predicted molar refractivity (Wildman–Crippen MR) is 60.3 cm³/mol. The Balaban J connectivity index is 2.15. The highest BCUT2D eigenvalue weighted by Crippen LogP contribution is 2.23. The fraction of sp³-hybridized carbons (Fsp3) is 0.500. The zero-order valence-corrected chi connectivity index (χ0v) is 9.98. The second kappa shape index (κ2) is 4.66. The smallest absolute Gasteiger partial charge is 0.306 e. The second-order valence-electron chi connectivity index (χ2n) is 3.68. The molecule has 3 nitrogen and oxygen atoms in total. The molecule has 0 saturated carbocycles. The molecule has 0 aromatic carbocycles. The minimum atomic E-state index is -4.24. The molecular formula is C10H12F3N3S. The van der Waals surface area contributed by atoms with Gasteiger partial charge in [0, 0.05) is 24.2 Å². The van der Waals surface area contributed by atoms with Crippen LogP contribution in [0.25, 0.3) is 4.96 Å². The van der Waals surface area contributed by atoms with Crippen molar-refractivity contribution in [2.45, 2.75) is 25.6 Å². The summed E-state index contributed by atoms with van der Waals surface area (Å²) in [6.45, 7) is 1.94. The van der Waals surface area contributed by atoms with Crippen molar-refractivity contribution < 1.29 is 13.2 Å². The van der Waals surface area contributed by atoms with Gasteiger partial charge in [-0.15, -0.1) is 11.3 Å². The van der Waals surface area contributed by atoms with Crippen LogP contribution < -0.4 is 5.32 Å². The van der Waals surface area contributed by atoms with E-state index in [1.165, 1.54) is 11.3 Å². The van der Waals surface area contributed by atoms with Gasteiger partial charge in [0.15, 0.2) is 4.96 Å². The summed E-state index contributed by atoms with van der Waals surface area (Å²) in [7, 11) is 0. The van der Waals surface area contributed by atoms with E-state index in [1.54, 1.807) is 23.7 Å². The van der Waals surface area contributed by atoms with E-state index in [1.807, 2.05) is 5.38 Å². The van der Waals surface area contributed by atoms with Crippen molar-refractivity contribution in [3.05, 3.63) is 23.5 Å². The molecule has 1 atom stereocenters. The molecule has 94 valence electrons. The van der Waals surface area contributed by atoms with Crippen molar-refractivity contribution in [2.75, 3.05) is 6.54 Å². The highest BCUT2D eigenvalue weighted by Gasteiger charge is 2.39. The van der Waals surface area contributed by atoms with Gasteiger partial charge in [-0.05, 0) is 6.54 Å². The zero-order valence-electron chi connectivity index (χ0n) is 9.16.